The maximum absolute atomic E-state index is 13.1. The number of rotatable bonds is 7. The van der Waals surface area contributed by atoms with Crippen LogP contribution in [0.2, 0.25) is 0 Å². The monoisotopic (exact) mass is 536 g/mol. The fourth-order valence-electron chi connectivity index (χ4n) is 3.30. The highest BCUT2D eigenvalue weighted by atomic mass is 79.9. The van der Waals surface area contributed by atoms with Crippen LogP contribution in [0, 0.1) is 0 Å². The maximum atomic E-state index is 13.1. The molecule has 1 heterocycles. The molecule has 0 aromatic heterocycles. The predicted molar refractivity (Wildman–Crippen MR) is 138 cm³/mol. The number of carboxylic acid groups (broad SMARTS) is 1. The molecule has 34 heavy (non-hydrogen) atoms. The molecule has 0 unspecified atom stereocenters. The van der Waals surface area contributed by atoms with E-state index in [1.54, 1.807) is 17.0 Å². The molecule has 1 amide bonds. The molecule has 0 atom stereocenters. The van der Waals surface area contributed by atoms with E-state index in [0.29, 0.717) is 34.7 Å². The number of nitrogens with zero attached hydrogens (tertiary/aromatic N) is 2. The second-order valence-electron chi connectivity index (χ2n) is 7.36. The fourth-order valence-corrected chi connectivity index (χ4v) is 4.73. The number of likely N-dealkylation sites (N-methyl/N-ethyl adjacent to an activating group) is 1. The molecular weight excluding hydrogens is 516 g/mol. The van der Waals surface area contributed by atoms with E-state index >= 15 is 0 Å². The first-order valence-corrected chi connectivity index (χ1v) is 12.2. The Morgan fingerprint density at radius 1 is 1.12 bits per heavy atom. The van der Waals surface area contributed by atoms with Crippen molar-refractivity contribution >= 4 is 56.5 Å². The van der Waals surface area contributed by atoms with E-state index in [9.17, 15) is 9.59 Å². The molecule has 6 nitrogen and oxygen atoms in total. The van der Waals surface area contributed by atoms with Gasteiger partial charge in [-0.15, -0.1) is 0 Å². The van der Waals surface area contributed by atoms with E-state index in [4.69, 9.17) is 9.84 Å². The number of aromatic carboxylic acids is 1. The van der Waals surface area contributed by atoms with Gasteiger partial charge in [0, 0.05) is 16.6 Å². The molecule has 4 rings (SSSR count). The fraction of sp³-hybridized carbons (Fsp3) is 0.115. The van der Waals surface area contributed by atoms with Gasteiger partial charge < -0.3 is 9.84 Å². The lowest BCUT2D eigenvalue weighted by Crippen LogP contribution is -2.28. The Bertz CT molecular complexity index is 1270. The van der Waals surface area contributed by atoms with Gasteiger partial charge in [0.1, 0.15) is 12.4 Å². The Morgan fingerprint density at radius 3 is 2.53 bits per heavy atom. The first kappa shape index (κ1) is 23.8. The first-order chi connectivity index (χ1) is 16.4. The normalized spacial score (nSPS) is 15.8. The van der Waals surface area contributed by atoms with E-state index in [1.807, 2.05) is 61.5 Å². The Labute approximate surface area is 210 Å². The van der Waals surface area contributed by atoms with Crippen LogP contribution < -0.4 is 4.74 Å². The van der Waals surface area contributed by atoms with E-state index in [2.05, 4.69) is 20.9 Å². The SMILES string of the molecule is CCN1C(=O)/C(=C/c2cc(Br)ccc2OCc2ccccc2)SC1=Nc1ccc(C(=O)O)cc1. The summed E-state index contributed by atoms with van der Waals surface area (Å²) in [5.41, 5.74) is 2.60. The molecule has 172 valence electrons. The van der Waals surface area contributed by atoms with E-state index in [0.717, 1.165) is 15.6 Å². The summed E-state index contributed by atoms with van der Waals surface area (Å²) in [4.78, 5) is 30.9. The number of aliphatic imine (C=N–C) groups is 1. The highest BCUT2D eigenvalue weighted by Gasteiger charge is 2.32. The smallest absolute Gasteiger partial charge is 0.335 e. The predicted octanol–water partition coefficient (Wildman–Crippen LogP) is 6.35. The molecule has 1 aliphatic heterocycles. The highest BCUT2D eigenvalue weighted by Crippen LogP contribution is 2.36. The third-order valence-corrected chi connectivity index (χ3v) is 6.54. The minimum absolute atomic E-state index is 0.137. The molecule has 0 spiro atoms. The quantitative estimate of drug-likeness (QED) is 0.356. The summed E-state index contributed by atoms with van der Waals surface area (Å²) in [7, 11) is 0. The van der Waals surface area contributed by atoms with Gasteiger partial charge in [0.2, 0.25) is 0 Å². The molecule has 3 aromatic carbocycles. The van der Waals surface area contributed by atoms with Crippen LogP contribution in [0.4, 0.5) is 5.69 Å². The number of amidine groups is 1. The van der Waals surface area contributed by atoms with Gasteiger partial charge in [0.15, 0.2) is 5.17 Å². The van der Waals surface area contributed by atoms with Crippen LogP contribution in [0.5, 0.6) is 5.75 Å². The van der Waals surface area contributed by atoms with Gasteiger partial charge in [-0.25, -0.2) is 9.79 Å². The lowest BCUT2D eigenvalue weighted by atomic mass is 10.1. The first-order valence-electron chi connectivity index (χ1n) is 10.5. The minimum atomic E-state index is -0.996. The summed E-state index contributed by atoms with van der Waals surface area (Å²) in [6, 6.07) is 21.8. The molecule has 8 heteroatoms. The summed E-state index contributed by atoms with van der Waals surface area (Å²) in [5, 5.41) is 9.63. The zero-order valence-corrected chi connectivity index (χ0v) is 20.7. The topological polar surface area (TPSA) is 79.2 Å². The zero-order valence-electron chi connectivity index (χ0n) is 18.3. The lowest BCUT2D eigenvalue weighted by Gasteiger charge is -2.12. The van der Waals surface area contributed by atoms with Crippen LogP contribution in [-0.2, 0) is 11.4 Å². The summed E-state index contributed by atoms with van der Waals surface area (Å²) in [6.45, 7) is 2.77. The van der Waals surface area contributed by atoms with Gasteiger partial charge >= 0.3 is 5.97 Å². The summed E-state index contributed by atoms with van der Waals surface area (Å²) >= 11 is 4.78. The lowest BCUT2D eigenvalue weighted by molar-refractivity contribution is -0.122. The standard InChI is InChI=1S/C26H21BrN2O4S/c1-2-29-24(30)23(34-26(29)28-21-11-8-18(9-12-21)25(31)32)15-19-14-20(27)10-13-22(19)33-16-17-6-4-3-5-7-17/h3-15H,2,16H2,1H3,(H,31,32)/b23-15-,28-26?. The number of ether oxygens (including phenoxy) is 1. The zero-order chi connectivity index (χ0) is 24.1. The van der Waals surface area contributed by atoms with Gasteiger partial charge in [-0.2, -0.15) is 0 Å². The summed E-state index contributed by atoms with van der Waals surface area (Å²) in [6.07, 6.45) is 1.82. The summed E-state index contributed by atoms with van der Waals surface area (Å²) < 4.78 is 6.93. The number of benzene rings is 3. The van der Waals surface area contributed by atoms with Crippen molar-refractivity contribution in [1.29, 1.82) is 0 Å². The van der Waals surface area contributed by atoms with Gasteiger partial charge in [-0.1, -0.05) is 46.3 Å². The number of carbonyl (C=O) groups excluding carboxylic acids is 1. The Kier molecular flexibility index (Phi) is 7.49. The van der Waals surface area contributed by atoms with Crippen molar-refractivity contribution < 1.29 is 19.4 Å². The molecular formula is C26H21BrN2O4S. The van der Waals surface area contributed by atoms with Crippen LogP contribution in [-0.4, -0.2) is 33.6 Å². The number of carboxylic acids is 1. The van der Waals surface area contributed by atoms with Crippen molar-refractivity contribution in [3.05, 3.63) is 98.9 Å². The van der Waals surface area contributed by atoms with E-state index < -0.39 is 5.97 Å². The van der Waals surface area contributed by atoms with Gasteiger partial charge in [0.25, 0.3) is 5.91 Å². The van der Waals surface area contributed by atoms with Crippen molar-refractivity contribution in [2.75, 3.05) is 6.54 Å². The van der Waals surface area contributed by atoms with Gasteiger partial charge in [-0.3, -0.25) is 9.69 Å². The largest absolute Gasteiger partial charge is 0.488 e. The molecule has 1 N–H and O–H groups in total. The molecule has 0 saturated carbocycles. The molecule has 3 aromatic rings. The molecule has 0 radical (unpaired) electrons. The van der Waals surface area contributed by atoms with Gasteiger partial charge in [0.05, 0.1) is 16.2 Å². The van der Waals surface area contributed by atoms with Crippen LogP contribution in [0.1, 0.15) is 28.4 Å². The van der Waals surface area contributed by atoms with Crippen LogP contribution in [0.3, 0.4) is 0 Å². The maximum Gasteiger partial charge on any atom is 0.335 e. The third kappa shape index (κ3) is 5.58. The average Bonchev–Trinajstić information content (AvgIpc) is 3.13. The van der Waals surface area contributed by atoms with Crippen LogP contribution in [0.15, 0.2) is 87.2 Å². The van der Waals surface area contributed by atoms with Crippen molar-refractivity contribution in [3.8, 4) is 5.75 Å². The van der Waals surface area contributed by atoms with Crippen LogP contribution in [0.25, 0.3) is 6.08 Å². The Balaban J connectivity index is 1.61. The average molecular weight is 537 g/mol. The number of thioether (sulfide) groups is 1. The molecule has 1 aliphatic rings. The van der Waals surface area contributed by atoms with Crippen molar-refractivity contribution in [3.63, 3.8) is 0 Å². The van der Waals surface area contributed by atoms with E-state index in [-0.39, 0.29) is 11.5 Å². The van der Waals surface area contributed by atoms with Crippen molar-refractivity contribution in [1.82, 2.24) is 4.90 Å². The Hall–Kier alpha value is -3.36. The highest BCUT2D eigenvalue weighted by molar-refractivity contribution is 9.10. The minimum Gasteiger partial charge on any atom is -0.488 e. The second-order valence-corrected chi connectivity index (χ2v) is 9.29. The number of hydrogen-bond donors (Lipinski definition) is 1. The number of amides is 1. The van der Waals surface area contributed by atoms with Crippen LogP contribution >= 0.6 is 27.7 Å². The van der Waals surface area contributed by atoms with Gasteiger partial charge in [-0.05, 0) is 72.8 Å². The van der Waals surface area contributed by atoms with Crippen molar-refractivity contribution in [2.45, 2.75) is 13.5 Å². The number of hydrogen-bond acceptors (Lipinski definition) is 5. The molecule has 1 saturated heterocycles. The molecule has 0 aliphatic carbocycles. The molecule has 0 bridgehead atoms. The van der Waals surface area contributed by atoms with Crippen molar-refractivity contribution in [2.24, 2.45) is 4.99 Å². The third-order valence-electron chi connectivity index (χ3n) is 5.04. The second kappa shape index (κ2) is 10.7. The Morgan fingerprint density at radius 2 is 1.85 bits per heavy atom. The molecule has 1 fully saturated rings. The number of carbonyl (C=O) groups is 2. The summed E-state index contributed by atoms with van der Waals surface area (Å²) in [5.74, 6) is -0.461. The van der Waals surface area contributed by atoms with E-state index in [1.165, 1.54) is 23.9 Å². The number of halogens is 1.